The molecule has 0 heterocycles. The number of nitrogens with one attached hydrogen (secondary N) is 1. The highest BCUT2D eigenvalue weighted by Crippen LogP contribution is 2.06. The molecule has 2 N–H and O–H groups in total. The van der Waals surface area contributed by atoms with Crippen LogP contribution in [0.1, 0.15) is 65.7 Å². The quantitative estimate of drug-likeness (QED) is 0.549. The van der Waals surface area contributed by atoms with E-state index in [2.05, 4.69) is 26.1 Å². The Kier molecular flexibility index (Phi) is 10.4. The van der Waals surface area contributed by atoms with Gasteiger partial charge in [0, 0.05) is 6.04 Å². The van der Waals surface area contributed by atoms with Gasteiger partial charge in [0.2, 0.25) is 0 Å². The molecule has 0 aromatic carbocycles. The normalized spacial score (nSPS) is 15.2. The lowest BCUT2D eigenvalue weighted by Crippen LogP contribution is -2.37. The predicted octanol–water partition coefficient (Wildman–Crippen LogP) is 3.10. The van der Waals surface area contributed by atoms with Crippen LogP contribution >= 0.6 is 0 Å². The summed E-state index contributed by atoms with van der Waals surface area (Å²) in [6.45, 7) is 7.53. The van der Waals surface area contributed by atoms with Crippen LogP contribution in [-0.2, 0) is 0 Å². The van der Waals surface area contributed by atoms with Gasteiger partial charge >= 0.3 is 0 Å². The topological polar surface area (TPSA) is 32.3 Å². The molecule has 0 aliphatic carbocycles. The summed E-state index contributed by atoms with van der Waals surface area (Å²) in [6, 6.07) is 0.249. The largest absolute Gasteiger partial charge is 0.392 e. The lowest BCUT2D eigenvalue weighted by Gasteiger charge is -2.20. The summed E-state index contributed by atoms with van der Waals surface area (Å²) in [6.07, 6.45) is 8.15. The van der Waals surface area contributed by atoms with Gasteiger partial charge in [-0.15, -0.1) is 0 Å². The van der Waals surface area contributed by atoms with Gasteiger partial charge in [-0.3, -0.25) is 0 Å². The van der Waals surface area contributed by atoms with Gasteiger partial charge in [-0.05, 0) is 26.3 Å². The minimum Gasteiger partial charge on any atom is -0.392 e. The standard InChI is InChI=1S/C13H29NO/c1-4-6-8-10-13(15)12(3)14-11-9-7-5-2/h12-15H,4-11H2,1-3H3. The first-order valence-corrected chi connectivity index (χ1v) is 6.63. The van der Waals surface area contributed by atoms with Gasteiger partial charge in [0.1, 0.15) is 0 Å². The summed E-state index contributed by atoms with van der Waals surface area (Å²) in [5, 5.41) is 13.2. The lowest BCUT2D eigenvalue weighted by atomic mass is 10.1. The van der Waals surface area contributed by atoms with E-state index >= 15 is 0 Å². The third kappa shape index (κ3) is 8.88. The Labute approximate surface area is 95.5 Å². The molecule has 0 amide bonds. The zero-order valence-corrected chi connectivity index (χ0v) is 10.8. The van der Waals surface area contributed by atoms with Crippen molar-refractivity contribution in [2.24, 2.45) is 0 Å². The molecule has 0 spiro atoms. The van der Waals surface area contributed by atoms with Gasteiger partial charge in [-0.2, -0.15) is 0 Å². The van der Waals surface area contributed by atoms with Crippen LogP contribution in [-0.4, -0.2) is 23.8 Å². The predicted molar refractivity (Wildman–Crippen MR) is 67.1 cm³/mol. The van der Waals surface area contributed by atoms with Crippen LogP contribution in [0.3, 0.4) is 0 Å². The van der Waals surface area contributed by atoms with Gasteiger partial charge in [0.25, 0.3) is 0 Å². The third-order valence-corrected chi connectivity index (χ3v) is 2.93. The fourth-order valence-corrected chi connectivity index (χ4v) is 1.69. The Morgan fingerprint density at radius 2 is 1.60 bits per heavy atom. The Morgan fingerprint density at radius 1 is 1.00 bits per heavy atom. The van der Waals surface area contributed by atoms with E-state index in [1.54, 1.807) is 0 Å². The SMILES string of the molecule is CCCCCNC(C)C(O)CCCCC. The van der Waals surface area contributed by atoms with E-state index in [4.69, 9.17) is 0 Å². The molecule has 0 saturated heterocycles. The molecule has 2 atom stereocenters. The van der Waals surface area contributed by atoms with Gasteiger partial charge in [0.15, 0.2) is 0 Å². The summed E-state index contributed by atoms with van der Waals surface area (Å²) in [5.74, 6) is 0. The molecule has 0 fully saturated rings. The summed E-state index contributed by atoms with van der Waals surface area (Å²) in [4.78, 5) is 0. The van der Waals surface area contributed by atoms with Crippen molar-refractivity contribution in [3.8, 4) is 0 Å². The molecule has 0 aliphatic heterocycles. The summed E-state index contributed by atoms with van der Waals surface area (Å²) < 4.78 is 0. The van der Waals surface area contributed by atoms with E-state index in [1.807, 2.05) is 0 Å². The van der Waals surface area contributed by atoms with Crippen molar-refractivity contribution in [3.63, 3.8) is 0 Å². The van der Waals surface area contributed by atoms with Gasteiger partial charge in [-0.1, -0.05) is 46.0 Å². The molecule has 0 aromatic rings. The van der Waals surface area contributed by atoms with Crippen LogP contribution in [0.25, 0.3) is 0 Å². The monoisotopic (exact) mass is 215 g/mol. The average Bonchev–Trinajstić information content (AvgIpc) is 2.24. The van der Waals surface area contributed by atoms with Crippen molar-refractivity contribution in [2.45, 2.75) is 77.9 Å². The zero-order valence-electron chi connectivity index (χ0n) is 10.8. The van der Waals surface area contributed by atoms with Gasteiger partial charge in [-0.25, -0.2) is 0 Å². The molecule has 92 valence electrons. The van der Waals surface area contributed by atoms with Gasteiger partial charge in [0.05, 0.1) is 6.10 Å². The molecular formula is C13H29NO. The van der Waals surface area contributed by atoms with Crippen molar-refractivity contribution in [1.29, 1.82) is 0 Å². The molecule has 2 heteroatoms. The second-order valence-electron chi connectivity index (χ2n) is 4.51. The first-order chi connectivity index (χ1) is 7.22. The second-order valence-corrected chi connectivity index (χ2v) is 4.51. The highest BCUT2D eigenvalue weighted by atomic mass is 16.3. The lowest BCUT2D eigenvalue weighted by molar-refractivity contribution is 0.122. The molecular weight excluding hydrogens is 186 g/mol. The Hall–Kier alpha value is -0.0800. The maximum atomic E-state index is 9.84. The van der Waals surface area contributed by atoms with Crippen LogP contribution in [0.4, 0.5) is 0 Å². The van der Waals surface area contributed by atoms with Crippen LogP contribution < -0.4 is 5.32 Å². The van der Waals surface area contributed by atoms with Crippen LogP contribution in [0.2, 0.25) is 0 Å². The van der Waals surface area contributed by atoms with E-state index in [0.29, 0.717) is 0 Å². The molecule has 0 saturated carbocycles. The Bertz CT molecular complexity index is 128. The van der Waals surface area contributed by atoms with E-state index < -0.39 is 0 Å². The molecule has 2 unspecified atom stereocenters. The minimum atomic E-state index is -0.168. The van der Waals surface area contributed by atoms with Crippen LogP contribution in [0.15, 0.2) is 0 Å². The molecule has 0 bridgehead atoms. The van der Waals surface area contributed by atoms with Crippen LogP contribution in [0, 0.1) is 0 Å². The number of aliphatic hydroxyl groups is 1. The fourth-order valence-electron chi connectivity index (χ4n) is 1.69. The molecule has 0 rings (SSSR count). The minimum absolute atomic E-state index is 0.168. The van der Waals surface area contributed by atoms with Crippen LogP contribution in [0.5, 0.6) is 0 Å². The molecule has 0 radical (unpaired) electrons. The number of aliphatic hydroxyl groups excluding tert-OH is 1. The molecule has 2 nitrogen and oxygen atoms in total. The van der Waals surface area contributed by atoms with Crippen molar-refractivity contribution in [2.75, 3.05) is 6.54 Å². The summed E-state index contributed by atoms with van der Waals surface area (Å²) in [5.41, 5.74) is 0. The van der Waals surface area contributed by atoms with Gasteiger partial charge < -0.3 is 10.4 Å². The van der Waals surface area contributed by atoms with E-state index in [9.17, 15) is 5.11 Å². The first kappa shape index (κ1) is 14.9. The second kappa shape index (κ2) is 10.4. The fraction of sp³-hybridized carbons (Fsp3) is 1.00. The van der Waals surface area contributed by atoms with E-state index in [0.717, 1.165) is 19.4 Å². The molecule has 15 heavy (non-hydrogen) atoms. The Balaban J connectivity index is 3.38. The third-order valence-electron chi connectivity index (χ3n) is 2.93. The highest BCUT2D eigenvalue weighted by molar-refractivity contribution is 4.70. The van der Waals surface area contributed by atoms with Crippen molar-refractivity contribution in [1.82, 2.24) is 5.32 Å². The van der Waals surface area contributed by atoms with Crippen molar-refractivity contribution in [3.05, 3.63) is 0 Å². The molecule has 0 aromatic heterocycles. The van der Waals surface area contributed by atoms with E-state index in [-0.39, 0.29) is 12.1 Å². The Morgan fingerprint density at radius 3 is 2.20 bits per heavy atom. The zero-order chi connectivity index (χ0) is 11.5. The van der Waals surface area contributed by atoms with Crippen molar-refractivity contribution < 1.29 is 5.11 Å². The maximum absolute atomic E-state index is 9.84. The average molecular weight is 215 g/mol. The smallest absolute Gasteiger partial charge is 0.0690 e. The number of unbranched alkanes of at least 4 members (excludes halogenated alkanes) is 4. The van der Waals surface area contributed by atoms with Crippen molar-refractivity contribution >= 4 is 0 Å². The maximum Gasteiger partial charge on any atom is 0.0690 e. The number of hydrogen-bond donors (Lipinski definition) is 2. The molecule has 0 aliphatic rings. The summed E-state index contributed by atoms with van der Waals surface area (Å²) in [7, 11) is 0. The highest BCUT2D eigenvalue weighted by Gasteiger charge is 2.12. The number of rotatable bonds is 10. The van der Waals surface area contributed by atoms with E-state index in [1.165, 1.54) is 32.1 Å². The first-order valence-electron chi connectivity index (χ1n) is 6.63. The number of hydrogen-bond acceptors (Lipinski definition) is 2. The summed E-state index contributed by atoms with van der Waals surface area (Å²) >= 11 is 0.